The van der Waals surface area contributed by atoms with Crippen molar-refractivity contribution in [1.82, 2.24) is 9.55 Å². The fourth-order valence-corrected chi connectivity index (χ4v) is 3.78. The van der Waals surface area contributed by atoms with Gasteiger partial charge in [0.1, 0.15) is 10.9 Å². The summed E-state index contributed by atoms with van der Waals surface area (Å²) >= 11 is 12.6. The highest BCUT2D eigenvalue weighted by Crippen LogP contribution is 2.34. The molecular weight excluding hydrogens is 437 g/mol. The van der Waals surface area contributed by atoms with E-state index in [-0.39, 0.29) is 10.7 Å². The molecule has 0 aliphatic carbocycles. The minimum absolute atomic E-state index is 0.117. The molecule has 6 nitrogen and oxygen atoms in total. The van der Waals surface area contributed by atoms with Crippen molar-refractivity contribution in [1.29, 1.82) is 0 Å². The van der Waals surface area contributed by atoms with Gasteiger partial charge in [-0.2, -0.15) is 0 Å². The summed E-state index contributed by atoms with van der Waals surface area (Å²) in [7, 11) is 1.53. The number of methoxy groups -OCH3 is 1. The van der Waals surface area contributed by atoms with E-state index in [1.54, 1.807) is 47.2 Å². The van der Waals surface area contributed by atoms with Crippen LogP contribution in [0.2, 0.25) is 10.2 Å². The zero-order chi connectivity index (χ0) is 22.0. The molecule has 0 aliphatic rings. The molecule has 0 unspecified atom stereocenters. The molecule has 0 saturated carbocycles. The maximum absolute atomic E-state index is 13.1. The molecule has 2 aromatic carbocycles. The number of pyridine rings is 1. The van der Waals surface area contributed by atoms with Crippen LogP contribution in [-0.4, -0.2) is 28.4 Å². The minimum Gasteiger partial charge on any atom is -0.497 e. The van der Waals surface area contributed by atoms with Crippen molar-refractivity contribution in [3.63, 3.8) is 0 Å². The Bertz CT molecular complexity index is 1270. The predicted octanol–water partition coefficient (Wildman–Crippen LogP) is 5.22. The first-order chi connectivity index (χ1) is 15.0. The van der Waals surface area contributed by atoms with Crippen molar-refractivity contribution in [3.8, 4) is 5.75 Å². The SMILES string of the molecule is COc1ccc2c(c1)c(C(=O)C(=O)Nc1cccnc1)c(Cl)n2Cc1ccc(Cl)cc1. The number of amides is 1. The average molecular weight is 454 g/mol. The predicted molar refractivity (Wildman–Crippen MR) is 121 cm³/mol. The van der Waals surface area contributed by atoms with Gasteiger partial charge >= 0.3 is 0 Å². The number of nitrogens with zero attached hydrogens (tertiary/aromatic N) is 2. The molecule has 4 aromatic rings. The number of fused-ring (bicyclic) bond motifs is 1. The van der Waals surface area contributed by atoms with E-state index >= 15 is 0 Å². The smallest absolute Gasteiger partial charge is 0.296 e. The molecular formula is C23H17Cl2N3O3. The molecule has 31 heavy (non-hydrogen) atoms. The second-order valence-corrected chi connectivity index (χ2v) is 7.58. The van der Waals surface area contributed by atoms with E-state index in [2.05, 4.69) is 10.3 Å². The Morgan fingerprint density at radius 1 is 1.10 bits per heavy atom. The van der Waals surface area contributed by atoms with Crippen molar-refractivity contribution < 1.29 is 14.3 Å². The molecule has 4 rings (SSSR count). The second-order valence-electron chi connectivity index (χ2n) is 6.79. The lowest BCUT2D eigenvalue weighted by Crippen LogP contribution is -2.23. The largest absolute Gasteiger partial charge is 0.497 e. The van der Waals surface area contributed by atoms with E-state index in [0.29, 0.717) is 33.9 Å². The quantitative estimate of drug-likeness (QED) is 0.320. The first kappa shape index (κ1) is 20.9. The van der Waals surface area contributed by atoms with Crippen LogP contribution in [0.4, 0.5) is 5.69 Å². The molecule has 0 spiro atoms. The molecule has 8 heteroatoms. The Labute approximate surface area is 188 Å². The molecule has 0 aliphatic heterocycles. The number of Topliss-reactive ketones (excluding diaryl/α,β-unsaturated/α-hetero) is 1. The van der Waals surface area contributed by atoms with E-state index in [4.69, 9.17) is 27.9 Å². The fourth-order valence-electron chi connectivity index (χ4n) is 3.31. The summed E-state index contributed by atoms with van der Waals surface area (Å²) in [5.41, 5.74) is 2.18. The van der Waals surface area contributed by atoms with Gasteiger partial charge in [0, 0.05) is 23.2 Å². The van der Waals surface area contributed by atoms with Crippen LogP contribution >= 0.6 is 23.2 Å². The number of ether oxygens (including phenoxy) is 1. The summed E-state index contributed by atoms with van der Waals surface area (Å²) in [6, 6.07) is 15.9. The summed E-state index contributed by atoms with van der Waals surface area (Å²) in [4.78, 5) is 29.7. The maximum Gasteiger partial charge on any atom is 0.296 e. The molecule has 0 saturated heterocycles. The van der Waals surface area contributed by atoms with Gasteiger partial charge in [-0.25, -0.2) is 0 Å². The number of nitrogens with one attached hydrogen (secondary N) is 1. The van der Waals surface area contributed by atoms with Gasteiger partial charge < -0.3 is 14.6 Å². The van der Waals surface area contributed by atoms with Gasteiger partial charge in [-0.05, 0) is 48.0 Å². The van der Waals surface area contributed by atoms with Crippen molar-refractivity contribution >= 4 is 51.5 Å². The second kappa shape index (κ2) is 8.79. The van der Waals surface area contributed by atoms with Crippen LogP contribution in [0.3, 0.4) is 0 Å². The van der Waals surface area contributed by atoms with Gasteiger partial charge in [0.15, 0.2) is 0 Å². The number of anilines is 1. The van der Waals surface area contributed by atoms with Crippen molar-refractivity contribution in [2.24, 2.45) is 0 Å². The first-order valence-electron chi connectivity index (χ1n) is 9.34. The third-order valence-electron chi connectivity index (χ3n) is 4.81. The topological polar surface area (TPSA) is 73.2 Å². The summed E-state index contributed by atoms with van der Waals surface area (Å²) < 4.78 is 7.09. The number of rotatable bonds is 6. The number of carbonyl (C=O) groups is 2. The number of hydrogen-bond acceptors (Lipinski definition) is 4. The van der Waals surface area contributed by atoms with E-state index in [1.807, 2.05) is 18.2 Å². The zero-order valence-electron chi connectivity index (χ0n) is 16.4. The van der Waals surface area contributed by atoms with E-state index in [1.165, 1.54) is 13.3 Å². The van der Waals surface area contributed by atoms with Crippen LogP contribution < -0.4 is 10.1 Å². The number of hydrogen-bond donors (Lipinski definition) is 1. The lowest BCUT2D eigenvalue weighted by molar-refractivity contribution is -0.112. The van der Waals surface area contributed by atoms with E-state index in [9.17, 15) is 9.59 Å². The number of halogens is 2. The molecule has 1 amide bonds. The van der Waals surface area contributed by atoms with Crippen LogP contribution in [0.1, 0.15) is 15.9 Å². The third-order valence-corrected chi connectivity index (χ3v) is 5.46. The van der Waals surface area contributed by atoms with Crippen LogP contribution in [0.15, 0.2) is 67.0 Å². The highest BCUT2D eigenvalue weighted by Gasteiger charge is 2.27. The Hall–Kier alpha value is -3.35. The van der Waals surface area contributed by atoms with E-state index in [0.717, 1.165) is 5.56 Å². The summed E-state index contributed by atoms with van der Waals surface area (Å²) in [5.74, 6) is -1.00. The first-order valence-corrected chi connectivity index (χ1v) is 10.1. The van der Waals surface area contributed by atoms with Gasteiger partial charge in [0.25, 0.3) is 11.7 Å². The summed E-state index contributed by atoms with van der Waals surface area (Å²) in [6.07, 6.45) is 3.03. The summed E-state index contributed by atoms with van der Waals surface area (Å²) in [6.45, 7) is 0.399. The molecule has 0 radical (unpaired) electrons. The molecule has 0 bridgehead atoms. The Kier molecular flexibility index (Phi) is 5.93. The molecule has 0 fully saturated rings. The highest BCUT2D eigenvalue weighted by molar-refractivity contribution is 6.51. The zero-order valence-corrected chi connectivity index (χ0v) is 17.9. The third kappa shape index (κ3) is 4.26. The minimum atomic E-state index is -0.803. The van der Waals surface area contributed by atoms with Gasteiger partial charge in [0.2, 0.25) is 0 Å². The van der Waals surface area contributed by atoms with Crippen LogP contribution in [0, 0.1) is 0 Å². The van der Waals surface area contributed by atoms with Crippen LogP contribution in [0.25, 0.3) is 10.9 Å². The van der Waals surface area contributed by atoms with Crippen LogP contribution in [0.5, 0.6) is 5.75 Å². The standard InChI is InChI=1S/C23H17Cl2N3O3/c1-31-17-8-9-19-18(11-17)20(21(29)23(30)27-16-3-2-10-26-12-16)22(25)28(19)13-14-4-6-15(24)7-5-14/h2-12H,13H2,1H3,(H,27,30). The van der Waals surface area contributed by atoms with Gasteiger partial charge in [-0.15, -0.1) is 0 Å². The van der Waals surface area contributed by atoms with Crippen molar-refractivity contribution in [2.75, 3.05) is 12.4 Å². The molecule has 156 valence electrons. The number of ketones is 1. The van der Waals surface area contributed by atoms with Gasteiger partial charge in [-0.1, -0.05) is 35.3 Å². The van der Waals surface area contributed by atoms with Crippen molar-refractivity contribution in [3.05, 3.63) is 88.3 Å². The number of carbonyl (C=O) groups excluding carboxylic acids is 2. The fraction of sp³-hybridized carbons (Fsp3) is 0.0870. The highest BCUT2D eigenvalue weighted by atomic mass is 35.5. The normalized spacial score (nSPS) is 10.8. The Morgan fingerprint density at radius 3 is 2.55 bits per heavy atom. The lowest BCUT2D eigenvalue weighted by Gasteiger charge is -2.08. The van der Waals surface area contributed by atoms with Gasteiger partial charge in [-0.3, -0.25) is 14.6 Å². The average Bonchev–Trinajstić information content (AvgIpc) is 3.05. The van der Waals surface area contributed by atoms with E-state index < -0.39 is 11.7 Å². The van der Waals surface area contributed by atoms with Gasteiger partial charge in [0.05, 0.1) is 30.1 Å². The molecule has 1 N–H and O–H groups in total. The molecule has 2 heterocycles. The monoisotopic (exact) mass is 453 g/mol. The van der Waals surface area contributed by atoms with Crippen LogP contribution in [-0.2, 0) is 11.3 Å². The lowest BCUT2D eigenvalue weighted by atomic mass is 10.1. The molecule has 0 atom stereocenters. The maximum atomic E-state index is 13.1. The Morgan fingerprint density at radius 2 is 1.87 bits per heavy atom. The molecule has 2 aromatic heterocycles. The van der Waals surface area contributed by atoms with Crippen molar-refractivity contribution in [2.45, 2.75) is 6.54 Å². The number of aromatic nitrogens is 2. The Balaban J connectivity index is 1.78. The number of benzene rings is 2. The summed E-state index contributed by atoms with van der Waals surface area (Å²) in [5, 5.41) is 3.89.